The number of hydrogen-bond donors (Lipinski definition) is 0. The third-order valence-electron chi connectivity index (χ3n) is 5.79. The van der Waals surface area contributed by atoms with Crippen LogP contribution in [0.15, 0.2) is 0 Å². The minimum Gasteiger partial charge on any atom is -0.444 e. The average molecular weight is 390 g/mol. The second-order valence-corrected chi connectivity index (χ2v) is 9.95. The predicted octanol–water partition coefficient (Wildman–Crippen LogP) is 3.31. The van der Waals surface area contributed by atoms with Crippen LogP contribution in [0.25, 0.3) is 0 Å². The zero-order valence-electron chi connectivity index (χ0n) is 13.5. The summed E-state index contributed by atoms with van der Waals surface area (Å²) in [7, 11) is -5.42. The van der Waals surface area contributed by atoms with Crippen LogP contribution in [0, 0.1) is 23.2 Å². The number of halogens is 5. The van der Waals surface area contributed by atoms with Gasteiger partial charge in [0.05, 0.1) is 5.41 Å². The molecule has 4 rings (SSSR count). The molecule has 25 heavy (non-hydrogen) atoms. The molecule has 4 bridgehead atoms. The van der Waals surface area contributed by atoms with E-state index in [0.717, 1.165) is 19.3 Å². The van der Waals surface area contributed by atoms with Gasteiger partial charge < -0.3 is 4.74 Å². The van der Waals surface area contributed by atoms with Gasteiger partial charge in [-0.1, -0.05) is 0 Å². The number of sulfone groups is 1. The van der Waals surface area contributed by atoms with E-state index in [2.05, 4.69) is 4.74 Å². The van der Waals surface area contributed by atoms with Crippen molar-refractivity contribution in [3.63, 3.8) is 0 Å². The van der Waals surface area contributed by atoms with Crippen LogP contribution in [0.4, 0.5) is 22.0 Å². The molecule has 0 N–H and O–H groups in total. The van der Waals surface area contributed by atoms with Crippen molar-refractivity contribution in [2.24, 2.45) is 23.2 Å². The monoisotopic (exact) mass is 390 g/mol. The molecule has 4 saturated carbocycles. The minimum atomic E-state index is -5.69. The van der Waals surface area contributed by atoms with Crippen molar-refractivity contribution in [2.75, 3.05) is 6.26 Å². The van der Waals surface area contributed by atoms with Crippen LogP contribution >= 0.6 is 0 Å². The Kier molecular flexibility index (Phi) is 4.17. The van der Waals surface area contributed by atoms with E-state index in [9.17, 15) is 35.2 Å². The Labute approximate surface area is 142 Å². The quantitative estimate of drug-likeness (QED) is 0.546. The fraction of sp³-hybridized carbons (Fsp3) is 0.933. The summed E-state index contributed by atoms with van der Waals surface area (Å²) in [6.07, 6.45) is -6.02. The number of esters is 1. The molecule has 10 heteroatoms. The number of alkyl halides is 5. The normalized spacial score (nSPS) is 36.3. The summed E-state index contributed by atoms with van der Waals surface area (Å²) < 4.78 is 93.3. The molecule has 0 spiro atoms. The fourth-order valence-electron chi connectivity index (χ4n) is 5.11. The first-order chi connectivity index (χ1) is 11.2. The maximum atomic E-state index is 13.8. The summed E-state index contributed by atoms with van der Waals surface area (Å²) in [5.41, 5.74) is -1.19. The second-order valence-electron chi connectivity index (χ2n) is 7.86. The van der Waals surface area contributed by atoms with Gasteiger partial charge in [0.1, 0.15) is 0 Å². The topological polar surface area (TPSA) is 60.4 Å². The van der Waals surface area contributed by atoms with E-state index >= 15 is 0 Å². The molecule has 4 nitrogen and oxygen atoms in total. The first-order valence-corrected chi connectivity index (χ1v) is 9.99. The number of rotatable bonds is 4. The molecule has 0 aromatic rings. The molecule has 4 fully saturated rings. The molecule has 4 aliphatic carbocycles. The van der Waals surface area contributed by atoms with Gasteiger partial charge in [-0.2, -0.15) is 22.0 Å². The van der Waals surface area contributed by atoms with Gasteiger partial charge >= 0.3 is 17.4 Å². The van der Waals surface area contributed by atoms with Crippen LogP contribution in [0.1, 0.15) is 38.5 Å². The molecule has 0 amide bonds. The Morgan fingerprint density at radius 3 is 1.72 bits per heavy atom. The summed E-state index contributed by atoms with van der Waals surface area (Å²) in [5, 5.41) is -5.23. The van der Waals surface area contributed by atoms with Crippen molar-refractivity contribution < 1.29 is 39.9 Å². The summed E-state index contributed by atoms with van der Waals surface area (Å²) in [5.74, 6) is -0.757. The maximum absolute atomic E-state index is 13.8. The lowest BCUT2D eigenvalue weighted by Gasteiger charge is -2.55. The molecular weight excluding hydrogens is 371 g/mol. The Morgan fingerprint density at radius 1 is 1.00 bits per heavy atom. The van der Waals surface area contributed by atoms with Gasteiger partial charge in [-0.3, -0.25) is 4.79 Å². The van der Waals surface area contributed by atoms with Gasteiger partial charge in [-0.15, -0.1) is 0 Å². The number of carbonyl (C=O) groups is 1. The predicted molar refractivity (Wildman–Crippen MR) is 76.3 cm³/mol. The second kappa shape index (κ2) is 5.53. The molecule has 0 saturated heterocycles. The molecule has 0 heterocycles. The third-order valence-corrected chi connectivity index (χ3v) is 7.00. The van der Waals surface area contributed by atoms with Crippen LogP contribution in [0.2, 0.25) is 0 Å². The molecule has 144 valence electrons. The highest BCUT2D eigenvalue weighted by Gasteiger charge is 2.66. The van der Waals surface area contributed by atoms with Gasteiger partial charge in [0.15, 0.2) is 0 Å². The zero-order chi connectivity index (χ0) is 18.8. The highest BCUT2D eigenvalue weighted by molar-refractivity contribution is 7.91. The van der Waals surface area contributed by atoms with Gasteiger partial charge in [-0.05, 0) is 56.3 Å². The molecular formula is C15H19F5O4S. The van der Waals surface area contributed by atoms with Crippen molar-refractivity contribution >= 4 is 15.8 Å². The van der Waals surface area contributed by atoms with Gasteiger partial charge in [0, 0.05) is 6.26 Å². The maximum Gasteiger partial charge on any atom is 0.432 e. The molecule has 0 radical (unpaired) electrons. The summed E-state index contributed by atoms with van der Waals surface area (Å²) in [6.45, 7) is 0. The first-order valence-electron chi connectivity index (χ1n) is 8.10. The zero-order valence-corrected chi connectivity index (χ0v) is 14.3. The number of ether oxygens (including phenoxy) is 1. The number of hydrogen-bond acceptors (Lipinski definition) is 4. The van der Waals surface area contributed by atoms with Gasteiger partial charge in [0.25, 0.3) is 6.10 Å². The van der Waals surface area contributed by atoms with Crippen LogP contribution in [-0.2, 0) is 19.4 Å². The molecule has 1 atom stereocenters. The first kappa shape index (κ1) is 18.8. The van der Waals surface area contributed by atoms with E-state index in [1.54, 1.807) is 0 Å². The number of carbonyl (C=O) groups excluding carboxylic acids is 1. The van der Waals surface area contributed by atoms with Crippen molar-refractivity contribution in [3.8, 4) is 0 Å². The van der Waals surface area contributed by atoms with E-state index in [-0.39, 0.29) is 24.0 Å². The highest BCUT2D eigenvalue weighted by Crippen LogP contribution is 2.60. The van der Waals surface area contributed by atoms with E-state index in [1.165, 1.54) is 0 Å². The van der Waals surface area contributed by atoms with Crippen molar-refractivity contribution in [2.45, 2.75) is 56.1 Å². The van der Waals surface area contributed by atoms with Crippen LogP contribution in [-0.4, -0.2) is 38.2 Å². The van der Waals surface area contributed by atoms with Crippen molar-refractivity contribution in [1.82, 2.24) is 0 Å². The lowest BCUT2D eigenvalue weighted by atomic mass is 9.49. The standard InChI is InChI=1S/C15H19F5O4S/c1-25(22,23)15(19,20)11(14(16,17)18)24-12(21)13-5-8-2-9(6-13)4-10(3-8)7-13/h8-11H,2-7H2,1H3. The molecule has 0 aliphatic heterocycles. The van der Waals surface area contributed by atoms with Gasteiger partial charge in [-0.25, -0.2) is 8.42 Å². The minimum absolute atomic E-state index is 0.00962. The van der Waals surface area contributed by atoms with Crippen LogP contribution in [0.3, 0.4) is 0 Å². The summed E-state index contributed by atoms with van der Waals surface area (Å²) >= 11 is 0. The van der Waals surface area contributed by atoms with Gasteiger partial charge in [0.2, 0.25) is 9.84 Å². The lowest BCUT2D eigenvalue weighted by Crippen LogP contribution is -2.56. The Hall–Kier alpha value is -0.930. The molecule has 0 aromatic heterocycles. The summed E-state index contributed by atoms with van der Waals surface area (Å²) in [4.78, 5) is 12.5. The fourth-order valence-corrected chi connectivity index (χ4v) is 5.68. The van der Waals surface area contributed by atoms with E-state index < -0.39 is 38.8 Å². The Bertz CT molecular complexity index is 635. The third kappa shape index (κ3) is 3.14. The Morgan fingerprint density at radius 2 is 1.40 bits per heavy atom. The largest absolute Gasteiger partial charge is 0.444 e. The summed E-state index contributed by atoms with van der Waals surface area (Å²) in [6, 6.07) is 0. The molecule has 4 aliphatic rings. The van der Waals surface area contributed by atoms with Crippen LogP contribution in [0.5, 0.6) is 0 Å². The van der Waals surface area contributed by atoms with Crippen LogP contribution < -0.4 is 0 Å². The Balaban J connectivity index is 1.87. The van der Waals surface area contributed by atoms with E-state index in [4.69, 9.17) is 0 Å². The molecule has 1 unspecified atom stereocenters. The van der Waals surface area contributed by atoms with Crippen molar-refractivity contribution in [3.05, 3.63) is 0 Å². The highest BCUT2D eigenvalue weighted by atomic mass is 32.2. The average Bonchev–Trinajstić information content (AvgIpc) is 2.40. The van der Waals surface area contributed by atoms with Crippen molar-refractivity contribution in [1.29, 1.82) is 0 Å². The smallest absolute Gasteiger partial charge is 0.432 e. The SMILES string of the molecule is CS(=O)(=O)C(F)(F)C(OC(=O)C12CC3CC(CC(C3)C1)C2)C(F)(F)F. The van der Waals surface area contributed by atoms with E-state index in [1.807, 2.05) is 0 Å². The van der Waals surface area contributed by atoms with E-state index in [0.29, 0.717) is 19.3 Å². The lowest BCUT2D eigenvalue weighted by molar-refractivity contribution is -0.265. The molecule has 0 aromatic carbocycles.